The van der Waals surface area contributed by atoms with Crippen LogP contribution in [0.1, 0.15) is 5.56 Å². The fourth-order valence-corrected chi connectivity index (χ4v) is 2.16. The van der Waals surface area contributed by atoms with Crippen molar-refractivity contribution < 1.29 is 23.1 Å². The number of aliphatic hydroxyl groups is 1. The lowest BCUT2D eigenvalue weighted by atomic mass is 10.1. The quantitative estimate of drug-likeness (QED) is 0.770. The number of benzene rings is 1. The first-order valence-corrected chi connectivity index (χ1v) is 6.68. The number of hydrogen-bond acceptors (Lipinski definition) is 5. The zero-order valence-electron chi connectivity index (χ0n) is 8.95. The minimum absolute atomic E-state index is 0.182. The van der Waals surface area contributed by atoms with Crippen LogP contribution in [0, 0.1) is 0 Å². The molecule has 1 heterocycles. The molecule has 0 bridgehead atoms. The Bertz CT molecular complexity index is 583. The Morgan fingerprint density at radius 2 is 1.82 bits per heavy atom. The summed E-state index contributed by atoms with van der Waals surface area (Å²) in [5.41, 5.74) is 0.880. The Hall–Kier alpha value is -1.66. The largest absolute Gasteiger partial charge is 0.428 e. The molecule has 6 heteroatoms. The van der Waals surface area contributed by atoms with Crippen molar-refractivity contribution in [1.82, 2.24) is 0 Å². The van der Waals surface area contributed by atoms with Crippen LogP contribution in [0.25, 0.3) is 5.57 Å². The van der Waals surface area contributed by atoms with E-state index in [9.17, 15) is 18.3 Å². The Morgan fingerprint density at radius 3 is 2.24 bits per heavy atom. The summed E-state index contributed by atoms with van der Waals surface area (Å²) >= 11 is 0. The first-order valence-electron chi connectivity index (χ1n) is 4.79. The van der Waals surface area contributed by atoms with Crippen LogP contribution >= 0.6 is 0 Å². The monoisotopic (exact) mass is 254 g/mol. The van der Waals surface area contributed by atoms with Crippen molar-refractivity contribution in [2.45, 2.75) is 11.2 Å². The average Bonchev–Trinajstić information content (AvgIpc) is 2.57. The highest BCUT2D eigenvalue weighted by Crippen LogP contribution is 2.25. The molecule has 1 aromatic carbocycles. The number of hydrogen-bond donors (Lipinski definition) is 1. The van der Waals surface area contributed by atoms with Gasteiger partial charge in [-0.3, -0.25) is 0 Å². The van der Waals surface area contributed by atoms with Crippen LogP contribution in [0.4, 0.5) is 0 Å². The molecule has 1 atom stereocenters. The molecule has 0 radical (unpaired) electrons. The topological polar surface area (TPSA) is 80.7 Å². The Morgan fingerprint density at radius 1 is 1.24 bits per heavy atom. The molecule has 0 saturated heterocycles. The van der Waals surface area contributed by atoms with Gasteiger partial charge >= 0.3 is 5.97 Å². The van der Waals surface area contributed by atoms with Gasteiger partial charge in [0.25, 0.3) is 0 Å². The van der Waals surface area contributed by atoms with Crippen molar-refractivity contribution in [3.05, 3.63) is 35.9 Å². The molecule has 90 valence electrons. The lowest BCUT2D eigenvalue weighted by molar-refractivity contribution is -0.149. The highest BCUT2D eigenvalue weighted by Gasteiger charge is 2.24. The van der Waals surface area contributed by atoms with Crippen LogP contribution in [0.2, 0.25) is 0 Å². The van der Waals surface area contributed by atoms with Gasteiger partial charge in [-0.15, -0.1) is 0 Å². The summed E-state index contributed by atoms with van der Waals surface area (Å²) in [6.07, 6.45) is 1.00. The van der Waals surface area contributed by atoms with E-state index < -0.39 is 22.1 Å². The molecule has 5 nitrogen and oxygen atoms in total. The number of esters is 1. The summed E-state index contributed by atoms with van der Waals surface area (Å²) in [7, 11) is -3.25. The summed E-state index contributed by atoms with van der Waals surface area (Å²) in [5, 5.41) is 9.41. The molecule has 1 aromatic rings. The van der Waals surface area contributed by atoms with Crippen LogP contribution in [-0.4, -0.2) is 32.0 Å². The SMILES string of the molecule is CS(=O)(=O)c1ccc(C2=CC(=O)OC2O)cc1. The van der Waals surface area contributed by atoms with Gasteiger partial charge < -0.3 is 9.84 Å². The fraction of sp³-hybridized carbons (Fsp3) is 0.182. The van der Waals surface area contributed by atoms with E-state index in [4.69, 9.17) is 0 Å². The summed E-state index contributed by atoms with van der Waals surface area (Å²) in [6, 6.07) is 5.88. The summed E-state index contributed by atoms with van der Waals surface area (Å²) < 4.78 is 27.0. The second kappa shape index (κ2) is 3.97. The van der Waals surface area contributed by atoms with E-state index >= 15 is 0 Å². The first-order chi connectivity index (χ1) is 7.88. The molecular formula is C11H10O5S. The van der Waals surface area contributed by atoms with E-state index in [1.807, 2.05) is 0 Å². The minimum atomic E-state index is -3.25. The zero-order chi connectivity index (χ0) is 12.6. The molecule has 0 amide bonds. The summed E-state index contributed by atoms with van der Waals surface area (Å²) in [6.45, 7) is 0. The summed E-state index contributed by atoms with van der Waals surface area (Å²) in [5.74, 6) is -0.611. The highest BCUT2D eigenvalue weighted by molar-refractivity contribution is 7.90. The van der Waals surface area contributed by atoms with Crippen LogP contribution < -0.4 is 0 Å². The molecule has 1 unspecified atom stereocenters. The number of carbonyl (C=O) groups excluding carboxylic acids is 1. The van der Waals surface area contributed by atoms with Crippen molar-refractivity contribution in [1.29, 1.82) is 0 Å². The second-order valence-corrected chi connectivity index (χ2v) is 5.70. The van der Waals surface area contributed by atoms with Gasteiger partial charge in [0.05, 0.1) is 4.90 Å². The fourth-order valence-electron chi connectivity index (χ4n) is 1.53. The van der Waals surface area contributed by atoms with Gasteiger partial charge in [0.2, 0.25) is 6.29 Å². The van der Waals surface area contributed by atoms with Crippen LogP contribution in [0.5, 0.6) is 0 Å². The van der Waals surface area contributed by atoms with E-state index in [1.54, 1.807) is 0 Å². The van der Waals surface area contributed by atoms with Gasteiger partial charge in [-0.2, -0.15) is 0 Å². The van der Waals surface area contributed by atoms with Crippen molar-refractivity contribution >= 4 is 21.4 Å². The number of cyclic esters (lactones) is 1. The molecule has 0 saturated carbocycles. The molecule has 0 aromatic heterocycles. The standard InChI is InChI=1S/C11H10O5S/c1-17(14,15)8-4-2-7(3-5-8)9-6-10(12)16-11(9)13/h2-6,11,13H,1H3. The lowest BCUT2D eigenvalue weighted by Gasteiger charge is -2.07. The van der Waals surface area contributed by atoms with E-state index in [0.29, 0.717) is 11.1 Å². The molecule has 1 aliphatic heterocycles. The predicted molar refractivity (Wildman–Crippen MR) is 59.6 cm³/mol. The molecule has 17 heavy (non-hydrogen) atoms. The number of rotatable bonds is 2. The molecule has 1 N–H and O–H groups in total. The normalized spacial score (nSPS) is 20.0. The number of ether oxygens (including phenoxy) is 1. The third kappa shape index (κ3) is 2.37. The molecule has 0 aliphatic carbocycles. The van der Waals surface area contributed by atoms with Crippen molar-refractivity contribution in [3.8, 4) is 0 Å². The van der Waals surface area contributed by atoms with Crippen LogP contribution in [0.3, 0.4) is 0 Å². The maximum absolute atomic E-state index is 11.2. The van der Waals surface area contributed by atoms with E-state index in [1.165, 1.54) is 30.3 Å². The van der Waals surface area contributed by atoms with Crippen molar-refractivity contribution in [2.75, 3.05) is 6.26 Å². The van der Waals surface area contributed by atoms with Crippen LogP contribution in [0.15, 0.2) is 35.2 Å². The van der Waals surface area contributed by atoms with E-state index in [-0.39, 0.29) is 4.90 Å². The maximum Gasteiger partial charge on any atom is 0.333 e. The molecular weight excluding hydrogens is 244 g/mol. The third-order valence-electron chi connectivity index (χ3n) is 2.38. The predicted octanol–water partition coefficient (Wildman–Crippen LogP) is 0.349. The lowest BCUT2D eigenvalue weighted by Crippen LogP contribution is -2.09. The van der Waals surface area contributed by atoms with Crippen molar-refractivity contribution in [2.24, 2.45) is 0 Å². The number of carbonyl (C=O) groups is 1. The minimum Gasteiger partial charge on any atom is -0.428 e. The number of sulfone groups is 1. The molecule has 1 aliphatic rings. The number of aliphatic hydroxyl groups excluding tert-OH is 1. The zero-order valence-corrected chi connectivity index (χ0v) is 9.77. The van der Waals surface area contributed by atoms with Gasteiger partial charge in [0.15, 0.2) is 9.84 Å². The average molecular weight is 254 g/mol. The van der Waals surface area contributed by atoms with E-state index in [0.717, 1.165) is 6.26 Å². The smallest absolute Gasteiger partial charge is 0.333 e. The van der Waals surface area contributed by atoms with E-state index in [2.05, 4.69) is 4.74 Å². The molecule has 0 spiro atoms. The third-order valence-corrected chi connectivity index (χ3v) is 3.51. The maximum atomic E-state index is 11.2. The Balaban J connectivity index is 2.37. The van der Waals surface area contributed by atoms with Crippen LogP contribution in [-0.2, 0) is 19.4 Å². The molecule has 0 fully saturated rings. The van der Waals surface area contributed by atoms with Gasteiger partial charge in [-0.05, 0) is 17.7 Å². The Labute approximate surface area is 98.3 Å². The summed E-state index contributed by atoms with van der Waals surface area (Å²) in [4.78, 5) is 11.1. The van der Waals surface area contributed by atoms with Gasteiger partial charge in [0, 0.05) is 17.9 Å². The second-order valence-electron chi connectivity index (χ2n) is 3.69. The Kier molecular flexibility index (Phi) is 2.76. The molecule has 2 rings (SSSR count). The van der Waals surface area contributed by atoms with Gasteiger partial charge in [-0.25, -0.2) is 13.2 Å². The van der Waals surface area contributed by atoms with Gasteiger partial charge in [-0.1, -0.05) is 12.1 Å². The highest BCUT2D eigenvalue weighted by atomic mass is 32.2. The van der Waals surface area contributed by atoms with Gasteiger partial charge in [0.1, 0.15) is 0 Å². The van der Waals surface area contributed by atoms with Crippen molar-refractivity contribution in [3.63, 3.8) is 0 Å². The first kappa shape index (κ1) is 11.8.